The van der Waals surface area contributed by atoms with E-state index in [9.17, 15) is 19.2 Å². The molecule has 7 heteroatoms. The number of esters is 1. The zero-order valence-corrected chi connectivity index (χ0v) is 23.7. The predicted octanol–water partition coefficient (Wildman–Crippen LogP) is 5.38. The zero-order chi connectivity index (χ0) is 28.3. The number of aryl methyl sites for hydroxylation is 1. The van der Waals surface area contributed by atoms with Crippen LogP contribution in [0.3, 0.4) is 0 Å². The summed E-state index contributed by atoms with van der Waals surface area (Å²) in [5.41, 5.74) is 4.40. The summed E-state index contributed by atoms with van der Waals surface area (Å²) in [6.07, 6.45) is 3.74. The van der Waals surface area contributed by atoms with Crippen molar-refractivity contribution in [1.29, 1.82) is 0 Å². The van der Waals surface area contributed by atoms with Crippen LogP contribution in [0.4, 0.5) is 0 Å². The van der Waals surface area contributed by atoms with E-state index >= 15 is 0 Å². The molecule has 0 spiro atoms. The number of Topliss-reactive ketones (excluding diaryl/α,β-unsaturated/α-hetero) is 2. The summed E-state index contributed by atoms with van der Waals surface area (Å²) in [5.74, 6) is 0.400. The van der Waals surface area contributed by atoms with Gasteiger partial charge in [0.2, 0.25) is 0 Å². The Kier molecular flexibility index (Phi) is 8.57. The molecule has 2 unspecified atom stereocenters. The Balaban J connectivity index is 1.43. The Hall–Kier alpha value is -3.48. The Morgan fingerprint density at radius 3 is 2.54 bits per heavy atom. The monoisotopic (exact) mass is 533 g/mol. The molecule has 39 heavy (non-hydrogen) atoms. The van der Waals surface area contributed by atoms with Crippen molar-refractivity contribution in [2.45, 2.75) is 97.9 Å². The second kappa shape index (κ2) is 11.7. The molecule has 1 aliphatic heterocycles. The lowest BCUT2D eigenvalue weighted by molar-refractivity contribution is -0.156. The minimum absolute atomic E-state index is 0.00403. The molecule has 208 valence electrons. The molecule has 2 atom stereocenters. The molecule has 0 radical (unpaired) electrons. The fourth-order valence-corrected chi connectivity index (χ4v) is 5.56. The third-order valence-electron chi connectivity index (χ3n) is 7.44. The molecule has 0 saturated carbocycles. The topological polar surface area (TPSA) is 90.0 Å². The predicted molar refractivity (Wildman–Crippen MR) is 147 cm³/mol. The van der Waals surface area contributed by atoms with Crippen LogP contribution in [0.5, 0.6) is 5.75 Å². The fourth-order valence-electron chi connectivity index (χ4n) is 5.56. The quantitative estimate of drug-likeness (QED) is 0.381. The van der Waals surface area contributed by atoms with E-state index in [1.165, 1.54) is 25.0 Å². The van der Waals surface area contributed by atoms with E-state index in [1.807, 2.05) is 26.8 Å². The van der Waals surface area contributed by atoms with Gasteiger partial charge in [-0.3, -0.25) is 14.4 Å². The first-order chi connectivity index (χ1) is 18.4. The second-order valence-electron chi connectivity index (χ2n) is 11.9. The lowest BCUT2D eigenvalue weighted by atomic mass is 9.81. The second-order valence-corrected chi connectivity index (χ2v) is 11.9. The van der Waals surface area contributed by atoms with Gasteiger partial charge in [-0.1, -0.05) is 24.3 Å². The molecule has 4 rings (SSSR count). The van der Waals surface area contributed by atoms with Crippen molar-refractivity contribution in [2.75, 3.05) is 0 Å². The zero-order valence-electron chi connectivity index (χ0n) is 23.7. The molecule has 7 nitrogen and oxygen atoms in total. The van der Waals surface area contributed by atoms with Crippen LogP contribution >= 0.6 is 0 Å². The van der Waals surface area contributed by atoms with Gasteiger partial charge in [0, 0.05) is 24.0 Å². The van der Waals surface area contributed by atoms with E-state index in [4.69, 9.17) is 9.47 Å². The lowest BCUT2D eigenvalue weighted by Gasteiger charge is -2.26. The summed E-state index contributed by atoms with van der Waals surface area (Å²) < 4.78 is 11.7. The summed E-state index contributed by atoms with van der Waals surface area (Å²) in [5, 5.41) is 0. The third-order valence-corrected chi connectivity index (χ3v) is 7.44. The number of nitrogens with zero attached hydrogens (tertiary/aromatic N) is 1. The van der Waals surface area contributed by atoms with E-state index in [0.717, 1.165) is 30.4 Å². The van der Waals surface area contributed by atoms with Crippen molar-refractivity contribution >= 4 is 23.4 Å². The minimum atomic E-state index is -0.629. The van der Waals surface area contributed by atoms with Gasteiger partial charge in [-0.15, -0.1) is 0 Å². The third kappa shape index (κ3) is 7.14. The number of ether oxygens (including phenoxy) is 2. The number of benzene rings is 2. The van der Waals surface area contributed by atoms with Crippen molar-refractivity contribution in [3.63, 3.8) is 0 Å². The molecule has 2 aliphatic rings. The van der Waals surface area contributed by atoms with Gasteiger partial charge in [0.15, 0.2) is 5.78 Å². The van der Waals surface area contributed by atoms with E-state index in [0.29, 0.717) is 30.8 Å². The summed E-state index contributed by atoms with van der Waals surface area (Å²) in [6, 6.07) is 11.1. The van der Waals surface area contributed by atoms with Crippen LogP contribution < -0.4 is 4.74 Å². The van der Waals surface area contributed by atoms with Crippen LogP contribution in [0.15, 0.2) is 36.4 Å². The number of hydrogen-bond donors (Lipinski definition) is 0. The van der Waals surface area contributed by atoms with Gasteiger partial charge in [-0.25, -0.2) is 0 Å². The van der Waals surface area contributed by atoms with Gasteiger partial charge in [0.25, 0.3) is 5.91 Å². The van der Waals surface area contributed by atoms with Crippen molar-refractivity contribution in [1.82, 2.24) is 4.90 Å². The van der Waals surface area contributed by atoms with Crippen molar-refractivity contribution in [3.8, 4) is 5.75 Å². The van der Waals surface area contributed by atoms with Crippen LogP contribution in [0, 0.1) is 5.92 Å². The normalized spacial score (nSPS) is 17.3. The van der Waals surface area contributed by atoms with Crippen LogP contribution in [-0.4, -0.2) is 40.0 Å². The molecule has 0 aromatic heterocycles. The van der Waals surface area contributed by atoms with E-state index in [2.05, 4.69) is 18.2 Å². The van der Waals surface area contributed by atoms with Gasteiger partial charge >= 0.3 is 5.97 Å². The summed E-state index contributed by atoms with van der Waals surface area (Å²) >= 11 is 0. The van der Waals surface area contributed by atoms with Gasteiger partial charge in [-0.05, 0) is 95.0 Å². The van der Waals surface area contributed by atoms with E-state index < -0.39 is 11.6 Å². The average molecular weight is 534 g/mol. The molecule has 0 saturated heterocycles. The summed E-state index contributed by atoms with van der Waals surface area (Å²) in [6.45, 7) is 9.24. The molecule has 0 bridgehead atoms. The van der Waals surface area contributed by atoms with Gasteiger partial charge in [0.05, 0.1) is 12.6 Å². The largest absolute Gasteiger partial charge is 0.489 e. The first-order valence-electron chi connectivity index (χ1n) is 13.8. The summed E-state index contributed by atoms with van der Waals surface area (Å²) in [7, 11) is 0. The highest BCUT2D eigenvalue weighted by Crippen LogP contribution is 2.34. The highest BCUT2D eigenvalue weighted by Gasteiger charge is 2.36. The molecule has 0 N–H and O–H groups in total. The molecule has 2 aromatic rings. The molecule has 2 aromatic carbocycles. The van der Waals surface area contributed by atoms with Crippen LogP contribution in [0.1, 0.15) is 92.9 Å². The van der Waals surface area contributed by atoms with Gasteiger partial charge < -0.3 is 19.2 Å². The molecule has 1 aliphatic carbocycles. The SMILES string of the molecule is CC(=O)CCC(C(C)=O)N1Cc2c(OCc3ccc4c(c3)CC(CC(=O)OC(C)(C)C)CC4)cccc2C1=O. The van der Waals surface area contributed by atoms with Crippen molar-refractivity contribution in [2.24, 2.45) is 5.92 Å². The fraction of sp³-hybridized carbons (Fsp3) is 0.500. The van der Waals surface area contributed by atoms with Crippen LogP contribution in [0.25, 0.3) is 0 Å². The number of carbonyl (C=O) groups is 4. The Bertz CT molecular complexity index is 1270. The van der Waals surface area contributed by atoms with Crippen molar-refractivity contribution < 1.29 is 28.7 Å². The Morgan fingerprint density at radius 1 is 1.08 bits per heavy atom. The minimum Gasteiger partial charge on any atom is -0.489 e. The highest BCUT2D eigenvalue weighted by molar-refractivity contribution is 6.01. The standard InChI is InChI=1S/C32H39NO6/c1-20(34)9-14-28(21(2)35)33-18-27-26(31(33)37)7-6-8-29(27)38-19-23-11-13-24-12-10-22(15-25(24)16-23)17-30(36)39-32(3,4)5/h6-8,11,13,16,22,28H,9-10,12,14-15,17-19H2,1-5H3. The Labute approximate surface area is 230 Å². The maximum atomic E-state index is 13.2. The Morgan fingerprint density at radius 2 is 1.85 bits per heavy atom. The lowest BCUT2D eigenvalue weighted by Crippen LogP contribution is -2.40. The number of carbonyl (C=O) groups excluding carboxylic acids is 4. The summed E-state index contributed by atoms with van der Waals surface area (Å²) in [4.78, 5) is 50.9. The average Bonchev–Trinajstić information content (AvgIpc) is 3.17. The smallest absolute Gasteiger partial charge is 0.306 e. The first-order valence-corrected chi connectivity index (χ1v) is 13.8. The highest BCUT2D eigenvalue weighted by atomic mass is 16.6. The maximum absolute atomic E-state index is 13.2. The number of amides is 1. The number of fused-ring (bicyclic) bond motifs is 2. The number of rotatable bonds is 10. The number of ketones is 2. The van der Waals surface area contributed by atoms with Crippen LogP contribution in [-0.2, 0) is 45.1 Å². The molecule has 1 heterocycles. The molecule has 0 fully saturated rings. The van der Waals surface area contributed by atoms with E-state index in [-0.39, 0.29) is 42.3 Å². The molecular formula is C32H39NO6. The first kappa shape index (κ1) is 28.5. The number of hydrogen-bond acceptors (Lipinski definition) is 6. The maximum Gasteiger partial charge on any atom is 0.306 e. The molecule has 1 amide bonds. The van der Waals surface area contributed by atoms with Crippen LogP contribution in [0.2, 0.25) is 0 Å². The van der Waals surface area contributed by atoms with Crippen molar-refractivity contribution in [3.05, 3.63) is 64.2 Å². The molecular weight excluding hydrogens is 494 g/mol. The van der Waals surface area contributed by atoms with E-state index in [1.54, 1.807) is 17.0 Å². The van der Waals surface area contributed by atoms with Gasteiger partial charge in [-0.2, -0.15) is 0 Å². The van der Waals surface area contributed by atoms with Gasteiger partial charge in [0.1, 0.15) is 23.7 Å².